The van der Waals surface area contributed by atoms with Crippen LogP contribution in [0.25, 0.3) is 0 Å². The van der Waals surface area contributed by atoms with Crippen LogP contribution in [0.1, 0.15) is 25.2 Å². The molecule has 0 amide bonds. The molecule has 0 radical (unpaired) electrons. The van der Waals surface area contributed by atoms with E-state index >= 15 is 0 Å². The van der Waals surface area contributed by atoms with Gasteiger partial charge in [0.05, 0.1) is 0 Å². The van der Waals surface area contributed by atoms with Gasteiger partial charge in [0.25, 0.3) is 0 Å². The van der Waals surface area contributed by atoms with E-state index in [-0.39, 0.29) is 0 Å². The second-order valence-corrected chi connectivity index (χ2v) is 5.81. The van der Waals surface area contributed by atoms with Crippen LogP contribution in [0, 0.1) is 6.92 Å². The summed E-state index contributed by atoms with van der Waals surface area (Å²) in [5, 5.41) is 3.18. The molecule has 1 fully saturated rings. The molecule has 0 spiro atoms. The van der Waals surface area contributed by atoms with Crippen molar-refractivity contribution >= 4 is 23.4 Å². The highest BCUT2D eigenvalue weighted by molar-refractivity contribution is 7.99. The van der Waals surface area contributed by atoms with Crippen molar-refractivity contribution in [2.45, 2.75) is 33.2 Å². The molecule has 1 aliphatic rings. The number of hydrogen-bond acceptors (Lipinski definition) is 5. The normalized spacial score (nSPS) is 20.0. The minimum Gasteiger partial charge on any atom is -0.373 e. The molecule has 0 saturated carbocycles. The number of aromatic nitrogens is 2. The Balaban J connectivity index is 2.41. The van der Waals surface area contributed by atoms with Crippen LogP contribution >= 0.6 is 11.8 Å². The van der Waals surface area contributed by atoms with Crippen LogP contribution in [0.2, 0.25) is 0 Å². The van der Waals surface area contributed by atoms with Crippen LogP contribution < -0.4 is 10.2 Å². The van der Waals surface area contributed by atoms with E-state index in [1.54, 1.807) is 0 Å². The fourth-order valence-electron chi connectivity index (χ4n) is 2.27. The zero-order valence-corrected chi connectivity index (χ0v) is 12.5. The molecule has 0 aliphatic carbocycles. The molecule has 18 heavy (non-hydrogen) atoms. The van der Waals surface area contributed by atoms with Crippen LogP contribution in [-0.2, 0) is 6.42 Å². The maximum Gasteiger partial charge on any atom is 0.137 e. The predicted octanol–water partition coefficient (Wildman–Crippen LogP) is 2.33. The van der Waals surface area contributed by atoms with Gasteiger partial charge in [-0.05, 0) is 13.8 Å². The summed E-state index contributed by atoms with van der Waals surface area (Å²) in [6, 6.07) is 0.548. The summed E-state index contributed by atoms with van der Waals surface area (Å²) in [6.45, 7) is 7.56. The summed E-state index contributed by atoms with van der Waals surface area (Å²) in [5.41, 5.74) is 1.16. The highest BCUT2D eigenvalue weighted by atomic mass is 32.2. The van der Waals surface area contributed by atoms with E-state index in [1.807, 2.05) is 18.8 Å². The first-order valence-corrected chi connectivity index (χ1v) is 7.72. The summed E-state index contributed by atoms with van der Waals surface area (Å²) in [5.74, 6) is 5.36. The second kappa shape index (κ2) is 5.78. The predicted molar refractivity (Wildman–Crippen MR) is 79.8 cm³/mol. The monoisotopic (exact) mass is 266 g/mol. The first kappa shape index (κ1) is 13.5. The zero-order chi connectivity index (χ0) is 13.1. The third-order valence-electron chi connectivity index (χ3n) is 3.36. The molecule has 0 aromatic carbocycles. The molecule has 1 atom stereocenters. The summed E-state index contributed by atoms with van der Waals surface area (Å²) in [6.07, 6.45) is 0.874. The Kier molecular flexibility index (Phi) is 4.32. The van der Waals surface area contributed by atoms with Crippen molar-refractivity contribution in [3.63, 3.8) is 0 Å². The maximum atomic E-state index is 4.74. The SMILES string of the molecule is CCc1nc(NC)c(C)c(N2CCSCC2C)n1. The van der Waals surface area contributed by atoms with Gasteiger partial charge in [-0.25, -0.2) is 9.97 Å². The molecule has 1 saturated heterocycles. The van der Waals surface area contributed by atoms with Gasteiger partial charge in [0.1, 0.15) is 17.5 Å². The van der Waals surface area contributed by atoms with Crippen LogP contribution in [0.5, 0.6) is 0 Å². The smallest absolute Gasteiger partial charge is 0.137 e. The first-order chi connectivity index (χ1) is 8.67. The van der Waals surface area contributed by atoms with Crippen molar-refractivity contribution in [2.75, 3.05) is 35.3 Å². The molecule has 1 aromatic rings. The van der Waals surface area contributed by atoms with Gasteiger partial charge < -0.3 is 10.2 Å². The number of rotatable bonds is 3. The first-order valence-electron chi connectivity index (χ1n) is 6.57. The van der Waals surface area contributed by atoms with Gasteiger partial charge in [-0.15, -0.1) is 0 Å². The molecule has 1 aromatic heterocycles. The maximum absolute atomic E-state index is 4.74. The highest BCUT2D eigenvalue weighted by Gasteiger charge is 2.23. The average Bonchev–Trinajstić information content (AvgIpc) is 2.40. The molecular formula is C13H22N4S. The van der Waals surface area contributed by atoms with Crippen molar-refractivity contribution in [2.24, 2.45) is 0 Å². The molecule has 0 bridgehead atoms. The molecule has 1 unspecified atom stereocenters. The Labute approximate surface area is 114 Å². The van der Waals surface area contributed by atoms with Crippen LogP contribution in [0.3, 0.4) is 0 Å². The van der Waals surface area contributed by atoms with Crippen molar-refractivity contribution in [1.29, 1.82) is 0 Å². The lowest BCUT2D eigenvalue weighted by Crippen LogP contribution is -2.41. The van der Waals surface area contributed by atoms with Crippen molar-refractivity contribution in [1.82, 2.24) is 9.97 Å². The Hall–Kier alpha value is -0.970. The van der Waals surface area contributed by atoms with Gasteiger partial charge in [0.2, 0.25) is 0 Å². The summed E-state index contributed by atoms with van der Waals surface area (Å²) < 4.78 is 0. The molecule has 1 aliphatic heterocycles. The fourth-order valence-corrected chi connectivity index (χ4v) is 3.29. The summed E-state index contributed by atoms with van der Waals surface area (Å²) >= 11 is 2.03. The second-order valence-electron chi connectivity index (χ2n) is 4.66. The van der Waals surface area contributed by atoms with Crippen LogP contribution in [-0.4, -0.2) is 41.1 Å². The van der Waals surface area contributed by atoms with Crippen molar-refractivity contribution in [3.8, 4) is 0 Å². The van der Waals surface area contributed by atoms with E-state index in [9.17, 15) is 0 Å². The summed E-state index contributed by atoms with van der Waals surface area (Å²) in [4.78, 5) is 11.7. The Morgan fingerprint density at radius 2 is 2.22 bits per heavy atom. The summed E-state index contributed by atoms with van der Waals surface area (Å²) in [7, 11) is 1.92. The van der Waals surface area contributed by atoms with Crippen molar-refractivity contribution in [3.05, 3.63) is 11.4 Å². The van der Waals surface area contributed by atoms with E-state index in [0.717, 1.165) is 36.0 Å². The minimum atomic E-state index is 0.548. The Bertz CT molecular complexity index is 422. The van der Waals surface area contributed by atoms with E-state index in [2.05, 4.69) is 36.0 Å². The van der Waals surface area contributed by atoms with E-state index in [4.69, 9.17) is 4.98 Å². The Morgan fingerprint density at radius 3 is 2.83 bits per heavy atom. The average molecular weight is 266 g/mol. The van der Waals surface area contributed by atoms with Gasteiger partial charge in [-0.3, -0.25) is 0 Å². The number of nitrogens with one attached hydrogen (secondary N) is 1. The molecular weight excluding hydrogens is 244 g/mol. The van der Waals surface area contributed by atoms with Crippen LogP contribution in [0.4, 0.5) is 11.6 Å². The molecule has 2 heterocycles. The van der Waals surface area contributed by atoms with E-state index in [1.165, 1.54) is 11.5 Å². The van der Waals surface area contributed by atoms with Gasteiger partial charge in [-0.1, -0.05) is 6.92 Å². The molecule has 100 valence electrons. The van der Waals surface area contributed by atoms with Gasteiger partial charge in [0.15, 0.2) is 0 Å². The lowest BCUT2D eigenvalue weighted by Gasteiger charge is -2.35. The molecule has 5 heteroatoms. The lowest BCUT2D eigenvalue weighted by molar-refractivity contribution is 0.682. The third kappa shape index (κ3) is 2.55. The van der Waals surface area contributed by atoms with Gasteiger partial charge in [0, 0.05) is 43.1 Å². The largest absolute Gasteiger partial charge is 0.373 e. The standard InChI is InChI=1S/C13H22N4S/c1-5-11-15-12(14-4)10(3)13(16-11)17-6-7-18-8-9(17)2/h9H,5-8H2,1-4H3,(H,14,15,16). The fraction of sp³-hybridized carbons (Fsp3) is 0.692. The number of thioether (sulfide) groups is 1. The number of nitrogens with zero attached hydrogens (tertiary/aromatic N) is 3. The third-order valence-corrected chi connectivity index (χ3v) is 4.55. The zero-order valence-electron chi connectivity index (χ0n) is 11.7. The highest BCUT2D eigenvalue weighted by Crippen LogP contribution is 2.28. The molecule has 2 rings (SSSR count). The van der Waals surface area contributed by atoms with E-state index in [0.29, 0.717) is 6.04 Å². The van der Waals surface area contributed by atoms with Crippen molar-refractivity contribution < 1.29 is 0 Å². The molecule has 4 nitrogen and oxygen atoms in total. The number of aryl methyl sites for hydroxylation is 1. The topological polar surface area (TPSA) is 41.1 Å². The lowest BCUT2D eigenvalue weighted by atomic mass is 10.2. The number of hydrogen-bond donors (Lipinski definition) is 1. The van der Waals surface area contributed by atoms with Crippen LogP contribution in [0.15, 0.2) is 0 Å². The van der Waals surface area contributed by atoms with Gasteiger partial charge >= 0.3 is 0 Å². The Morgan fingerprint density at radius 1 is 1.44 bits per heavy atom. The van der Waals surface area contributed by atoms with E-state index < -0.39 is 0 Å². The quantitative estimate of drug-likeness (QED) is 0.909. The van der Waals surface area contributed by atoms with Gasteiger partial charge in [-0.2, -0.15) is 11.8 Å². The molecule has 1 N–H and O–H groups in total. The number of anilines is 2. The minimum absolute atomic E-state index is 0.548.